The largest absolute Gasteiger partial charge is 0.389 e. The van der Waals surface area contributed by atoms with Gasteiger partial charge in [-0.05, 0) is 25.0 Å². The van der Waals surface area contributed by atoms with Gasteiger partial charge in [-0.15, -0.1) is 0 Å². The standard InChI is InChI=1S/C17H21O5P/c1-3-21-17(22-4-2,23(18,19)20)16-13-9-8-12-15(16)14-10-6-5-7-11-14/h5-13H,3-4H2,1-2H3,(H2,18,19,20). The van der Waals surface area contributed by atoms with Gasteiger partial charge in [-0.25, -0.2) is 0 Å². The highest BCUT2D eigenvalue weighted by molar-refractivity contribution is 7.52. The quantitative estimate of drug-likeness (QED) is 0.595. The molecular formula is C17H21O5P. The van der Waals surface area contributed by atoms with Crippen molar-refractivity contribution in [1.82, 2.24) is 0 Å². The van der Waals surface area contributed by atoms with Gasteiger partial charge in [0.2, 0.25) is 0 Å². The predicted octanol–water partition coefficient (Wildman–Crippen LogP) is 3.71. The van der Waals surface area contributed by atoms with Crippen molar-refractivity contribution in [1.29, 1.82) is 0 Å². The highest BCUT2D eigenvalue weighted by Gasteiger charge is 2.52. The molecule has 0 aliphatic carbocycles. The Kier molecular flexibility index (Phi) is 5.74. The SMILES string of the molecule is CCOC(OCC)(c1ccccc1-c1ccccc1)P(=O)(O)O. The van der Waals surface area contributed by atoms with Crippen LogP contribution in [-0.2, 0) is 19.6 Å². The first-order valence-corrected chi connectivity index (χ1v) is 9.06. The summed E-state index contributed by atoms with van der Waals surface area (Å²) in [4.78, 5) is 20.0. The van der Waals surface area contributed by atoms with E-state index in [1.807, 2.05) is 36.4 Å². The van der Waals surface area contributed by atoms with Gasteiger partial charge >= 0.3 is 13.1 Å². The van der Waals surface area contributed by atoms with Crippen LogP contribution in [0.2, 0.25) is 0 Å². The van der Waals surface area contributed by atoms with E-state index in [9.17, 15) is 14.4 Å². The van der Waals surface area contributed by atoms with Gasteiger partial charge in [-0.2, -0.15) is 0 Å². The van der Waals surface area contributed by atoms with E-state index in [1.54, 1.807) is 32.0 Å². The molecule has 0 radical (unpaired) electrons. The van der Waals surface area contributed by atoms with E-state index in [-0.39, 0.29) is 13.2 Å². The van der Waals surface area contributed by atoms with Crippen LogP contribution in [0.4, 0.5) is 0 Å². The average molecular weight is 336 g/mol. The molecule has 0 unspecified atom stereocenters. The maximum atomic E-state index is 12.3. The van der Waals surface area contributed by atoms with Gasteiger partial charge in [-0.3, -0.25) is 4.57 Å². The molecule has 0 bridgehead atoms. The summed E-state index contributed by atoms with van der Waals surface area (Å²) in [5.41, 5.74) is -0.287. The minimum Gasteiger partial charge on any atom is -0.337 e. The molecule has 124 valence electrons. The van der Waals surface area contributed by atoms with Crippen LogP contribution in [0.1, 0.15) is 19.4 Å². The highest BCUT2D eigenvalue weighted by Crippen LogP contribution is 2.60. The lowest BCUT2D eigenvalue weighted by molar-refractivity contribution is -0.192. The van der Waals surface area contributed by atoms with Gasteiger partial charge in [0.1, 0.15) is 0 Å². The van der Waals surface area contributed by atoms with Gasteiger partial charge in [0.15, 0.2) is 0 Å². The topological polar surface area (TPSA) is 76.0 Å². The molecule has 6 heteroatoms. The molecule has 0 aliphatic heterocycles. The molecule has 23 heavy (non-hydrogen) atoms. The monoisotopic (exact) mass is 336 g/mol. The van der Waals surface area contributed by atoms with Crippen molar-refractivity contribution in [3.05, 3.63) is 60.2 Å². The molecule has 2 aromatic carbocycles. The molecule has 5 nitrogen and oxygen atoms in total. The van der Waals surface area contributed by atoms with Crippen molar-refractivity contribution in [2.75, 3.05) is 13.2 Å². The van der Waals surface area contributed by atoms with Crippen molar-refractivity contribution in [3.8, 4) is 11.1 Å². The van der Waals surface area contributed by atoms with Gasteiger partial charge < -0.3 is 19.3 Å². The van der Waals surface area contributed by atoms with Gasteiger partial charge in [0.05, 0.1) is 0 Å². The lowest BCUT2D eigenvalue weighted by Crippen LogP contribution is -2.34. The van der Waals surface area contributed by atoms with E-state index in [4.69, 9.17) is 9.47 Å². The Morgan fingerprint density at radius 1 is 0.913 bits per heavy atom. The normalized spacial score (nSPS) is 12.3. The first kappa shape index (κ1) is 17.9. The summed E-state index contributed by atoms with van der Waals surface area (Å²) in [5, 5.41) is 0. The summed E-state index contributed by atoms with van der Waals surface area (Å²) < 4.78 is 23.3. The second-order valence-electron chi connectivity index (χ2n) is 4.90. The molecule has 0 aromatic heterocycles. The molecule has 2 N–H and O–H groups in total. The molecule has 0 amide bonds. The predicted molar refractivity (Wildman–Crippen MR) is 88.9 cm³/mol. The second kappa shape index (κ2) is 7.39. The summed E-state index contributed by atoms with van der Waals surface area (Å²) >= 11 is 0. The molecule has 0 saturated heterocycles. The van der Waals surface area contributed by atoms with Gasteiger partial charge in [0.25, 0.3) is 0 Å². The molecule has 0 atom stereocenters. The van der Waals surface area contributed by atoms with Crippen LogP contribution >= 0.6 is 7.60 Å². The summed E-state index contributed by atoms with van der Waals surface area (Å²) in [6.45, 7) is 3.56. The van der Waals surface area contributed by atoms with E-state index in [1.165, 1.54) is 0 Å². The summed E-state index contributed by atoms with van der Waals surface area (Å²) in [6, 6.07) is 16.3. The number of ether oxygens (including phenoxy) is 2. The van der Waals surface area contributed by atoms with Crippen LogP contribution in [0.25, 0.3) is 11.1 Å². The summed E-state index contributed by atoms with van der Waals surface area (Å²) in [6.07, 6.45) is 0. The van der Waals surface area contributed by atoms with Crippen LogP contribution in [0.3, 0.4) is 0 Å². The van der Waals surface area contributed by atoms with Crippen LogP contribution < -0.4 is 0 Å². The van der Waals surface area contributed by atoms with Crippen LogP contribution in [0, 0.1) is 0 Å². The van der Waals surface area contributed by atoms with Crippen molar-refractivity contribution in [2.24, 2.45) is 0 Å². The zero-order valence-electron chi connectivity index (χ0n) is 13.2. The molecule has 0 aliphatic rings. The molecule has 0 saturated carbocycles. The van der Waals surface area contributed by atoms with E-state index in [0.717, 1.165) is 5.56 Å². The van der Waals surface area contributed by atoms with Gasteiger partial charge in [-0.1, -0.05) is 54.6 Å². The Balaban J connectivity index is 2.72. The van der Waals surface area contributed by atoms with E-state index in [0.29, 0.717) is 11.1 Å². The zero-order chi connectivity index (χ0) is 16.9. The molecular weight excluding hydrogens is 315 g/mol. The Morgan fingerprint density at radius 3 is 1.96 bits per heavy atom. The van der Waals surface area contributed by atoms with Crippen LogP contribution in [0.5, 0.6) is 0 Å². The third kappa shape index (κ3) is 3.55. The minimum absolute atomic E-state index is 0.105. The van der Waals surface area contributed by atoms with Crippen LogP contribution in [0.15, 0.2) is 54.6 Å². The summed E-state index contributed by atoms with van der Waals surface area (Å²) in [5.74, 6) is 0. The lowest BCUT2D eigenvalue weighted by Gasteiger charge is -2.35. The third-order valence-electron chi connectivity index (χ3n) is 3.42. The average Bonchev–Trinajstić information content (AvgIpc) is 2.54. The fourth-order valence-corrected chi connectivity index (χ4v) is 3.64. The lowest BCUT2D eigenvalue weighted by atomic mass is 9.99. The highest BCUT2D eigenvalue weighted by atomic mass is 31.2. The maximum Gasteiger partial charge on any atom is 0.389 e. The molecule has 2 aromatic rings. The minimum atomic E-state index is -4.75. The van der Waals surface area contributed by atoms with Gasteiger partial charge in [0, 0.05) is 18.8 Å². The molecule has 2 rings (SSSR count). The number of rotatable bonds is 7. The number of benzene rings is 2. The van der Waals surface area contributed by atoms with Crippen molar-refractivity contribution >= 4 is 7.60 Å². The van der Waals surface area contributed by atoms with Crippen LogP contribution in [-0.4, -0.2) is 23.0 Å². The fourth-order valence-electron chi connectivity index (χ4n) is 2.54. The van der Waals surface area contributed by atoms with Crippen molar-refractivity contribution in [2.45, 2.75) is 19.4 Å². The summed E-state index contributed by atoms with van der Waals surface area (Å²) in [7, 11) is -4.75. The Hall–Kier alpha value is -1.49. The first-order chi connectivity index (χ1) is 11.0. The maximum absolute atomic E-state index is 12.3. The van der Waals surface area contributed by atoms with E-state index < -0.39 is 13.1 Å². The van der Waals surface area contributed by atoms with Crippen molar-refractivity contribution in [3.63, 3.8) is 0 Å². The number of hydrogen-bond acceptors (Lipinski definition) is 3. The Labute approximate surface area is 136 Å². The molecule has 0 heterocycles. The third-order valence-corrected chi connectivity index (χ3v) is 4.68. The first-order valence-electron chi connectivity index (χ1n) is 7.44. The Bertz CT molecular complexity index is 674. The Morgan fingerprint density at radius 2 is 1.43 bits per heavy atom. The molecule has 0 spiro atoms. The fraction of sp³-hybridized carbons (Fsp3) is 0.294. The zero-order valence-corrected chi connectivity index (χ0v) is 14.1. The second-order valence-corrected chi connectivity index (χ2v) is 6.58. The van der Waals surface area contributed by atoms with E-state index in [2.05, 4.69) is 0 Å². The smallest absolute Gasteiger partial charge is 0.337 e. The van der Waals surface area contributed by atoms with E-state index >= 15 is 0 Å². The molecule has 0 fully saturated rings. The number of hydrogen-bond donors (Lipinski definition) is 2. The van der Waals surface area contributed by atoms with Crippen molar-refractivity contribution < 1.29 is 23.8 Å².